The predicted octanol–water partition coefficient (Wildman–Crippen LogP) is 2.57. The van der Waals surface area contributed by atoms with Crippen LogP contribution in [0.4, 0.5) is 0 Å². The van der Waals surface area contributed by atoms with Crippen LogP contribution in [0.15, 0.2) is 36.4 Å². The minimum atomic E-state index is -0.467. The van der Waals surface area contributed by atoms with E-state index in [0.29, 0.717) is 11.3 Å². The monoisotopic (exact) mass is 240 g/mol. The van der Waals surface area contributed by atoms with Crippen molar-refractivity contribution in [3.63, 3.8) is 0 Å². The fourth-order valence-corrected chi connectivity index (χ4v) is 1.90. The van der Waals surface area contributed by atoms with Crippen molar-refractivity contribution < 1.29 is 9.53 Å². The molecule has 3 nitrogen and oxygen atoms in total. The Balaban J connectivity index is 2.68. The van der Waals surface area contributed by atoms with Crippen molar-refractivity contribution in [2.24, 2.45) is 5.73 Å². The third kappa shape index (κ3) is 2.20. The van der Waals surface area contributed by atoms with Gasteiger partial charge in [0.2, 0.25) is 5.91 Å². The highest BCUT2D eigenvalue weighted by Crippen LogP contribution is 2.32. The molecule has 0 aromatic heterocycles. The van der Waals surface area contributed by atoms with E-state index in [1.807, 2.05) is 31.2 Å². The Bertz CT molecular complexity index is 591. The molecular weight excluding hydrogens is 226 g/mol. The molecule has 2 aromatic carbocycles. The first-order chi connectivity index (χ1) is 8.63. The van der Waals surface area contributed by atoms with Gasteiger partial charge >= 0.3 is 0 Å². The molecule has 0 unspecified atom stereocenters. The fraction of sp³-hybridized carbons (Fsp3) is 0.133. The van der Waals surface area contributed by atoms with Gasteiger partial charge < -0.3 is 10.5 Å². The summed E-state index contributed by atoms with van der Waals surface area (Å²) in [6.07, 6.45) is 0. The molecule has 0 spiro atoms. The molecular formula is C15H14NO2. The van der Waals surface area contributed by atoms with E-state index in [2.05, 4.69) is 6.07 Å². The second-order valence-corrected chi connectivity index (χ2v) is 4.04. The summed E-state index contributed by atoms with van der Waals surface area (Å²) in [4.78, 5) is 11.4. The van der Waals surface area contributed by atoms with E-state index in [4.69, 9.17) is 10.5 Å². The van der Waals surface area contributed by atoms with Crippen LogP contribution in [0.5, 0.6) is 5.75 Å². The van der Waals surface area contributed by atoms with Crippen LogP contribution in [-0.4, -0.2) is 13.0 Å². The minimum Gasteiger partial charge on any atom is -0.496 e. The summed E-state index contributed by atoms with van der Waals surface area (Å²) in [6, 6.07) is 13.8. The van der Waals surface area contributed by atoms with Gasteiger partial charge in [-0.05, 0) is 36.8 Å². The summed E-state index contributed by atoms with van der Waals surface area (Å²) in [5.41, 5.74) is 8.55. The molecule has 0 aliphatic carbocycles. The first kappa shape index (κ1) is 12.2. The molecule has 0 fully saturated rings. The molecule has 0 aliphatic heterocycles. The molecule has 0 bridgehead atoms. The molecule has 1 amide bonds. The lowest BCUT2D eigenvalue weighted by Gasteiger charge is -2.12. The molecule has 3 heteroatoms. The number of benzene rings is 2. The highest BCUT2D eigenvalue weighted by atomic mass is 16.5. The highest BCUT2D eigenvalue weighted by molar-refractivity contribution is 6.00. The normalized spacial score (nSPS) is 10.1. The van der Waals surface area contributed by atoms with Gasteiger partial charge in [-0.1, -0.05) is 23.8 Å². The smallest absolute Gasteiger partial charge is 0.249 e. The van der Waals surface area contributed by atoms with Gasteiger partial charge in [0, 0.05) is 11.1 Å². The van der Waals surface area contributed by atoms with Crippen molar-refractivity contribution in [1.29, 1.82) is 0 Å². The predicted molar refractivity (Wildman–Crippen MR) is 70.5 cm³/mol. The summed E-state index contributed by atoms with van der Waals surface area (Å²) in [6.45, 7) is 1.99. The van der Waals surface area contributed by atoms with Crippen LogP contribution in [-0.2, 0) is 0 Å². The topological polar surface area (TPSA) is 52.3 Å². The number of hydrogen-bond acceptors (Lipinski definition) is 2. The van der Waals surface area contributed by atoms with Gasteiger partial charge in [-0.25, -0.2) is 0 Å². The van der Waals surface area contributed by atoms with Crippen LogP contribution < -0.4 is 10.5 Å². The third-order valence-electron chi connectivity index (χ3n) is 2.77. The van der Waals surface area contributed by atoms with E-state index in [1.54, 1.807) is 19.2 Å². The zero-order valence-electron chi connectivity index (χ0n) is 10.4. The zero-order chi connectivity index (χ0) is 13.1. The van der Waals surface area contributed by atoms with Crippen LogP contribution in [0.2, 0.25) is 0 Å². The van der Waals surface area contributed by atoms with Gasteiger partial charge in [-0.15, -0.1) is 0 Å². The zero-order valence-corrected chi connectivity index (χ0v) is 10.4. The third-order valence-corrected chi connectivity index (χ3v) is 2.77. The minimum absolute atomic E-state index is 0.446. The standard InChI is InChI=1S/C15H14NO2/c1-10-7-8-14(18-2)13(9-10)11-5-3-4-6-12(11)15(16)17/h3,5-9H,1-2H3,(H2,16,17). The summed E-state index contributed by atoms with van der Waals surface area (Å²) in [7, 11) is 1.60. The SMILES string of the molecule is COc1ccc(C)cc1-c1cc[c]cc1C(N)=O. The molecule has 2 N–H and O–H groups in total. The fourth-order valence-electron chi connectivity index (χ4n) is 1.90. The van der Waals surface area contributed by atoms with Gasteiger partial charge in [-0.2, -0.15) is 0 Å². The average molecular weight is 240 g/mol. The van der Waals surface area contributed by atoms with Crippen molar-refractivity contribution in [2.45, 2.75) is 6.92 Å². The van der Waals surface area contributed by atoms with Crippen LogP contribution in [0.25, 0.3) is 11.1 Å². The van der Waals surface area contributed by atoms with E-state index in [1.165, 1.54) is 0 Å². The number of methoxy groups -OCH3 is 1. The van der Waals surface area contributed by atoms with E-state index < -0.39 is 5.91 Å². The van der Waals surface area contributed by atoms with Crippen molar-refractivity contribution in [3.05, 3.63) is 53.6 Å². The van der Waals surface area contributed by atoms with E-state index in [-0.39, 0.29) is 0 Å². The Morgan fingerprint density at radius 1 is 1.28 bits per heavy atom. The molecule has 18 heavy (non-hydrogen) atoms. The summed E-state index contributed by atoms with van der Waals surface area (Å²) < 4.78 is 5.33. The van der Waals surface area contributed by atoms with E-state index in [9.17, 15) is 4.79 Å². The largest absolute Gasteiger partial charge is 0.496 e. The molecule has 0 saturated heterocycles. The van der Waals surface area contributed by atoms with Gasteiger partial charge in [0.1, 0.15) is 5.75 Å². The quantitative estimate of drug-likeness (QED) is 0.896. The molecule has 91 valence electrons. The number of carbonyl (C=O) groups excluding carboxylic acids is 1. The lowest BCUT2D eigenvalue weighted by atomic mass is 9.97. The lowest BCUT2D eigenvalue weighted by Crippen LogP contribution is -2.12. The number of carbonyl (C=O) groups is 1. The van der Waals surface area contributed by atoms with Crippen molar-refractivity contribution >= 4 is 5.91 Å². The van der Waals surface area contributed by atoms with Crippen LogP contribution in [0.1, 0.15) is 15.9 Å². The Hall–Kier alpha value is -2.29. The average Bonchev–Trinajstić information content (AvgIpc) is 2.38. The number of ether oxygens (including phenoxy) is 1. The summed E-state index contributed by atoms with van der Waals surface area (Å²) in [5, 5.41) is 0. The lowest BCUT2D eigenvalue weighted by molar-refractivity contribution is 0.100. The van der Waals surface area contributed by atoms with Crippen molar-refractivity contribution in [2.75, 3.05) is 7.11 Å². The second-order valence-electron chi connectivity index (χ2n) is 4.04. The Morgan fingerprint density at radius 2 is 2.06 bits per heavy atom. The van der Waals surface area contributed by atoms with Crippen LogP contribution in [0, 0.1) is 13.0 Å². The molecule has 0 heterocycles. The molecule has 0 atom stereocenters. The maximum atomic E-state index is 11.4. The number of primary amides is 1. The Labute approximate surface area is 106 Å². The number of nitrogens with two attached hydrogens (primary N) is 1. The first-order valence-corrected chi connectivity index (χ1v) is 5.58. The second kappa shape index (κ2) is 4.92. The van der Waals surface area contributed by atoms with Crippen molar-refractivity contribution in [1.82, 2.24) is 0 Å². The molecule has 1 radical (unpaired) electrons. The number of aryl methyl sites for hydroxylation is 1. The summed E-state index contributed by atoms with van der Waals surface area (Å²) in [5.74, 6) is 0.250. The Kier molecular flexibility index (Phi) is 3.33. The summed E-state index contributed by atoms with van der Waals surface area (Å²) >= 11 is 0. The molecule has 2 aromatic rings. The molecule has 2 rings (SSSR count). The number of amides is 1. The molecule has 0 aliphatic rings. The van der Waals surface area contributed by atoms with Gasteiger partial charge in [0.15, 0.2) is 0 Å². The van der Waals surface area contributed by atoms with Crippen LogP contribution >= 0.6 is 0 Å². The highest BCUT2D eigenvalue weighted by Gasteiger charge is 2.13. The molecule has 0 saturated carbocycles. The number of rotatable bonds is 3. The van der Waals surface area contributed by atoms with Gasteiger partial charge in [-0.3, -0.25) is 4.79 Å². The van der Waals surface area contributed by atoms with E-state index >= 15 is 0 Å². The van der Waals surface area contributed by atoms with E-state index in [0.717, 1.165) is 16.7 Å². The van der Waals surface area contributed by atoms with Crippen molar-refractivity contribution in [3.8, 4) is 16.9 Å². The number of hydrogen-bond donors (Lipinski definition) is 1. The van der Waals surface area contributed by atoms with Crippen LogP contribution in [0.3, 0.4) is 0 Å². The van der Waals surface area contributed by atoms with Gasteiger partial charge in [0.05, 0.1) is 7.11 Å². The maximum absolute atomic E-state index is 11.4. The Morgan fingerprint density at radius 3 is 2.72 bits per heavy atom. The first-order valence-electron chi connectivity index (χ1n) is 5.58. The maximum Gasteiger partial charge on any atom is 0.249 e. The van der Waals surface area contributed by atoms with Gasteiger partial charge in [0.25, 0.3) is 0 Å².